The van der Waals surface area contributed by atoms with Crippen LogP contribution >= 0.6 is 0 Å². The lowest BCUT2D eigenvalue weighted by Crippen LogP contribution is -2.39. The van der Waals surface area contributed by atoms with Gasteiger partial charge >= 0.3 is 5.97 Å². The van der Waals surface area contributed by atoms with E-state index in [9.17, 15) is 13.2 Å². The molecule has 0 spiro atoms. The summed E-state index contributed by atoms with van der Waals surface area (Å²) in [5.74, 6) is -0.870. The van der Waals surface area contributed by atoms with E-state index in [0.717, 1.165) is 0 Å². The molecule has 6 nitrogen and oxygen atoms in total. The summed E-state index contributed by atoms with van der Waals surface area (Å²) in [7, 11) is -2.41. The summed E-state index contributed by atoms with van der Waals surface area (Å²) in [6, 6.07) is 5.64. The maximum atomic E-state index is 11.8. The SMILES string of the molecule is COC(=O)[C@H](C)NS(=O)(=O)Cc1cccc(N)c1. The van der Waals surface area contributed by atoms with Crippen molar-refractivity contribution in [1.29, 1.82) is 0 Å². The van der Waals surface area contributed by atoms with Gasteiger partial charge in [0, 0.05) is 5.69 Å². The Labute approximate surface area is 106 Å². The minimum atomic E-state index is -3.61. The highest BCUT2D eigenvalue weighted by molar-refractivity contribution is 7.88. The van der Waals surface area contributed by atoms with Crippen molar-refractivity contribution in [3.63, 3.8) is 0 Å². The Balaban J connectivity index is 2.74. The molecule has 3 N–H and O–H groups in total. The summed E-state index contributed by atoms with van der Waals surface area (Å²) in [5, 5.41) is 0. The fraction of sp³-hybridized carbons (Fsp3) is 0.364. The van der Waals surface area contributed by atoms with E-state index in [0.29, 0.717) is 11.3 Å². The van der Waals surface area contributed by atoms with Gasteiger partial charge in [-0.2, -0.15) is 0 Å². The summed E-state index contributed by atoms with van der Waals surface area (Å²) < 4.78 is 30.2. The zero-order valence-electron chi connectivity index (χ0n) is 10.2. The molecule has 0 saturated carbocycles. The van der Waals surface area contributed by atoms with Crippen LogP contribution in [0.5, 0.6) is 0 Å². The molecule has 0 saturated heterocycles. The molecule has 1 rings (SSSR count). The number of hydrogen-bond acceptors (Lipinski definition) is 5. The maximum absolute atomic E-state index is 11.8. The van der Waals surface area contributed by atoms with Crippen LogP contribution in [-0.4, -0.2) is 27.5 Å². The van der Waals surface area contributed by atoms with Crippen molar-refractivity contribution in [2.45, 2.75) is 18.7 Å². The number of benzene rings is 1. The molecule has 0 heterocycles. The van der Waals surface area contributed by atoms with Gasteiger partial charge in [0.1, 0.15) is 6.04 Å². The van der Waals surface area contributed by atoms with Gasteiger partial charge in [0.2, 0.25) is 10.0 Å². The normalized spacial score (nSPS) is 13.0. The van der Waals surface area contributed by atoms with Crippen molar-refractivity contribution < 1.29 is 17.9 Å². The Morgan fingerprint density at radius 1 is 1.50 bits per heavy atom. The molecule has 7 heteroatoms. The zero-order valence-corrected chi connectivity index (χ0v) is 11.0. The first-order valence-electron chi connectivity index (χ1n) is 5.26. The van der Waals surface area contributed by atoms with Gasteiger partial charge < -0.3 is 10.5 Å². The number of nitrogens with one attached hydrogen (secondary N) is 1. The van der Waals surface area contributed by atoms with Crippen LogP contribution in [0.25, 0.3) is 0 Å². The number of nitrogen functional groups attached to an aromatic ring is 1. The van der Waals surface area contributed by atoms with E-state index in [1.54, 1.807) is 24.3 Å². The highest BCUT2D eigenvalue weighted by atomic mass is 32.2. The quantitative estimate of drug-likeness (QED) is 0.591. The van der Waals surface area contributed by atoms with Crippen molar-refractivity contribution in [3.8, 4) is 0 Å². The number of esters is 1. The van der Waals surface area contributed by atoms with Crippen molar-refractivity contribution in [3.05, 3.63) is 29.8 Å². The fourth-order valence-corrected chi connectivity index (χ4v) is 2.77. The molecule has 0 aromatic heterocycles. The van der Waals surface area contributed by atoms with Gasteiger partial charge in [-0.15, -0.1) is 0 Å². The van der Waals surface area contributed by atoms with Crippen molar-refractivity contribution in [1.82, 2.24) is 4.72 Å². The van der Waals surface area contributed by atoms with E-state index >= 15 is 0 Å². The molecule has 0 radical (unpaired) electrons. The predicted molar refractivity (Wildman–Crippen MR) is 68.1 cm³/mol. The highest BCUT2D eigenvalue weighted by Gasteiger charge is 2.20. The minimum Gasteiger partial charge on any atom is -0.468 e. The zero-order chi connectivity index (χ0) is 13.8. The molecule has 0 fully saturated rings. The van der Waals surface area contributed by atoms with Crippen LogP contribution in [0.2, 0.25) is 0 Å². The largest absolute Gasteiger partial charge is 0.468 e. The molecule has 18 heavy (non-hydrogen) atoms. The second-order valence-corrected chi connectivity index (χ2v) is 5.62. The summed E-state index contributed by atoms with van der Waals surface area (Å²) in [6.45, 7) is 1.42. The smallest absolute Gasteiger partial charge is 0.323 e. The van der Waals surface area contributed by atoms with Crippen molar-refractivity contribution in [2.24, 2.45) is 0 Å². The lowest BCUT2D eigenvalue weighted by molar-refractivity contribution is -0.142. The molecule has 0 aliphatic carbocycles. The number of nitrogens with two attached hydrogens (primary N) is 1. The Kier molecular flexibility index (Phi) is 4.69. The Morgan fingerprint density at radius 3 is 2.72 bits per heavy atom. The third kappa shape index (κ3) is 4.34. The van der Waals surface area contributed by atoms with Crippen LogP contribution in [0.15, 0.2) is 24.3 Å². The standard InChI is InChI=1S/C11H16N2O4S/c1-8(11(14)17-2)13-18(15,16)7-9-4-3-5-10(12)6-9/h3-6,8,13H,7,12H2,1-2H3/t8-/m0/s1. The van der Waals surface area contributed by atoms with Crippen molar-refractivity contribution >= 4 is 21.7 Å². The number of rotatable bonds is 5. The van der Waals surface area contributed by atoms with E-state index in [4.69, 9.17) is 5.73 Å². The number of ether oxygens (including phenoxy) is 1. The topological polar surface area (TPSA) is 98.5 Å². The van der Waals surface area contributed by atoms with Crippen LogP contribution in [0.4, 0.5) is 5.69 Å². The number of carbonyl (C=O) groups excluding carboxylic acids is 1. The number of methoxy groups -OCH3 is 1. The van der Waals surface area contributed by atoms with Crippen LogP contribution in [0, 0.1) is 0 Å². The first-order chi connectivity index (χ1) is 8.34. The average Bonchev–Trinajstić information content (AvgIpc) is 2.26. The second kappa shape index (κ2) is 5.83. The molecule has 1 aromatic carbocycles. The maximum Gasteiger partial charge on any atom is 0.323 e. The Morgan fingerprint density at radius 2 is 2.17 bits per heavy atom. The van der Waals surface area contributed by atoms with Crippen LogP contribution < -0.4 is 10.5 Å². The summed E-state index contributed by atoms with van der Waals surface area (Å²) in [4.78, 5) is 11.1. The molecule has 1 atom stereocenters. The van der Waals surface area contributed by atoms with Gasteiger partial charge in [0.15, 0.2) is 0 Å². The molecular weight excluding hydrogens is 256 g/mol. The lowest BCUT2D eigenvalue weighted by Gasteiger charge is -2.12. The summed E-state index contributed by atoms with van der Waals surface area (Å²) in [6.07, 6.45) is 0. The molecule has 0 aliphatic heterocycles. The third-order valence-electron chi connectivity index (χ3n) is 2.22. The third-order valence-corrected chi connectivity index (χ3v) is 3.64. The lowest BCUT2D eigenvalue weighted by atomic mass is 10.2. The molecule has 0 unspecified atom stereocenters. The van der Waals surface area contributed by atoms with E-state index in [1.807, 2.05) is 0 Å². The molecule has 0 aliphatic rings. The van der Waals surface area contributed by atoms with E-state index < -0.39 is 22.0 Å². The number of hydrogen-bond donors (Lipinski definition) is 2. The minimum absolute atomic E-state index is 0.237. The summed E-state index contributed by atoms with van der Waals surface area (Å²) >= 11 is 0. The number of carbonyl (C=O) groups is 1. The van der Waals surface area contributed by atoms with E-state index in [2.05, 4.69) is 9.46 Å². The first kappa shape index (κ1) is 14.5. The summed E-state index contributed by atoms with van der Waals surface area (Å²) in [5.41, 5.74) is 6.60. The number of sulfonamides is 1. The average molecular weight is 272 g/mol. The van der Waals surface area contributed by atoms with Gasteiger partial charge in [-0.1, -0.05) is 12.1 Å². The van der Waals surface area contributed by atoms with E-state index in [1.165, 1.54) is 14.0 Å². The van der Waals surface area contributed by atoms with E-state index in [-0.39, 0.29) is 5.75 Å². The second-order valence-electron chi connectivity index (χ2n) is 3.87. The van der Waals surface area contributed by atoms with Crippen LogP contribution in [0.1, 0.15) is 12.5 Å². The van der Waals surface area contributed by atoms with Gasteiger partial charge in [-0.25, -0.2) is 13.1 Å². The van der Waals surface area contributed by atoms with Gasteiger partial charge in [0.05, 0.1) is 12.9 Å². The predicted octanol–water partition coefficient (Wildman–Crippen LogP) is 0.250. The van der Waals surface area contributed by atoms with Gasteiger partial charge in [0.25, 0.3) is 0 Å². The van der Waals surface area contributed by atoms with Gasteiger partial charge in [-0.3, -0.25) is 4.79 Å². The Bertz CT molecular complexity index is 528. The van der Waals surface area contributed by atoms with Gasteiger partial charge in [-0.05, 0) is 24.6 Å². The molecular formula is C11H16N2O4S. The first-order valence-corrected chi connectivity index (χ1v) is 6.91. The molecule has 1 aromatic rings. The number of anilines is 1. The van der Waals surface area contributed by atoms with Crippen LogP contribution in [0.3, 0.4) is 0 Å². The van der Waals surface area contributed by atoms with Crippen LogP contribution in [-0.2, 0) is 25.3 Å². The molecule has 100 valence electrons. The molecule has 0 bridgehead atoms. The fourth-order valence-electron chi connectivity index (χ4n) is 1.44. The molecule has 0 amide bonds. The van der Waals surface area contributed by atoms with Crippen molar-refractivity contribution in [2.75, 3.05) is 12.8 Å². The highest BCUT2D eigenvalue weighted by Crippen LogP contribution is 2.10. The Hall–Kier alpha value is -1.60. The monoisotopic (exact) mass is 272 g/mol.